The Morgan fingerprint density at radius 1 is 1.39 bits per heavy atom. The smallest absolute Gasteiger partial charge is 0.243 e. The van der Waals surface area contributed by atoms with Crippen LogP contribution in [0.1, 0.15) is 6.92 Å². The van der Waals surface area contributed by atoms with Gasteiger partial charge in [-0.2, -0.15) is 4.31 Å². The number of halogens is 1. The fourth-order valence-corrected chi connectivity index (χ4v) is 3.67. The summed E-state index contributed by atoms with van der Waals surface area (Å²) < 4.78 is 37.3. The maximum absolute atomic E-state index is 12.7. The van der Waals surface area contributed by atoms with E-state index < -0.39 is 15.9 Å². The van der Waals surface area contributed by atoms with Crippen LogP contribution in [0.5, 0.6) is 5.75 Å². The molecule has 0 aliphatic carbocycles. The number of carbonyl (C=O) groups excluding carboxylic acids is 1. The lowest BCUT2D eigenvalue weighted by Crippen LogP contribution is -2.40. The lowest BCUT2D eigenvalue weighted by molar-refractivity contribution is -0.113. The van der Waals surface area contributed by atoms with E-state index in [1.165, 1.54) is 22.5 Å². The molecule has 9 heteroatoms. The van der Waals surface area contributed by atoms with E-state index in [-0.39, 0.29) is 16.5 Å². The Balaban J connectivity index is 2.34. The SMILES string of the molecule is CCOc1ccc(S(=O)(=O)N2CCOCC2)cc1NC(=O)CCl. The predicted octanol–water partition coefficient (Wildman–Crippen LogP) is 1.28. The number of alkyl halides is 1. The monoisotopic (exact) mass is 362 g/mol. The molecule has 1 saturated heterocycles. The first kappa shape index (κ1) is 18.0. The van der Waals surface area contributed by atoms with Crippen LogP contribution in [0.15, 0.2) is 23.1 Å². The molecule has 1 N–H and O–H groups in total. The number of ether oxygens (including phenoxy) is 2. The number of anilines is 1. The normalized spacial score (nSPS) is 16.1. The highest BCUT2D eigenvalue weighted by molar-refractivity contribution is 7.89. The molecule has 0 spiro atoms. The molecule has 128 valence electrons. The van der Waals surface area contributed by atoms with E-state index in [1.807, 2.05) is 0 Å². The summed E-state index contributed by atoms with van der Waals surface area (Å²) in [7, 11) is -3.65. The summed E-state index contributed by atoms with van der Waals surface area (Å²) >= 11 is 5.49. The maximum atomic E-state index is 12.7. The average molecular weight is 363 g/mol. The van der Waals surface area contributed by atoms with Crippen LogP contribution in [-0.2, 0) is 19.6 Å². The number of nitrogens with one attached hydrogen (secondary N) is 1. The van der Waals surface area contributed by atoms with E-state index in [1.54, 1.807) is 6.92 Å². The van der Waals surface area contributed by atoms with E-state index in [0.717, 1.165) is 0 Å². The molecule has 1 fully saturated rings. The minimum Gasteiger partial charge on any atom is -0.492 e. The summed E-state index contributed by atoms with van der Waals surface area (Å²) in [5, 5.41) is 2.56. The molecular weight excluding hydrogens is 344 g/mol. The molecule has 1 aromatic carbocycles. The van der Waals surface area contributed by atoms with Crippen LogP contribution >= 0.6 is 11.6 Å². The number of sulfonamides is 1. The van der Waals surface area contributed by atoms with Crippen molar-refractivity contribution in [2.24, 2.45) is 0 Å². The van der Waals surface area contributed by atoms with E-state index in [4.69, 9.17) is 21.1 Å². The zero-order valence-electron chi connectivity index (χ0n) is 12.7. The second kappa shape index (κ2) is 7.96. The van der Waals surface area contributed by atoms with Gasteiger partial charge in [-0.15, -0.1) is 11.6 Å². The lowest BCUT2D eigenvalue weighted by Gasteiger charge is -2.26. The van der Waals surface area contributed by atoms with Gasteiger partial charge >= 0.3 is 0 Å². The van der Waals surface area contributed by atoms with Crippen molar-refractivity contribution < 1.29 is 22.7 Å². The highest BCUT2D eigenvalue weighted by atomic mass is 35.5. The van der Waals surface area contributed by atoms with E-state index in [2.05, 4.69) is 5.32 Å². The molecule has 7 nitrogen and oxygen atoms in total. The summed E-state index contributed by atoms with van der Waals surface area (Å²) in [6, 6.07) is 4.38. The van der Waals surface area contributed by atoms with Crippen molar-refractivity contribution in [3.63, 3.8) is 0 Å². The Morgan fingerprint density at radius 3 is 2.70 bits per heavy atom. The molecule has 1 aliphatic heterocycles. The van der Waals surface area contributed by atoms with Crippen LogP contribution in [0.4, 0.5) is 5.69 Å². The molecule has 0 saturated carbocycles. The molecule has 2 rings (SSSR count). The number of amides is 1. The molecule has 0 bridgehead atoms. The molecule has 0 aromatic heterocycles. The number of benzene rings is 1. The zero-order valence-corrected chi connectivity index (χ0v) is 14.3. The molecule has 0 unspecified atom stereocenters. The number of morpholine rings is 1. The van der Waals surface area contributed by atoms with Gasteiger partial charge < -0.3 is 14.8 Å². The Bertz CT molecular complexity index is 659. The van der Waals surface area contributed by atoms with Crippen molar-refractivity contribution in [2.75, 3.05) is 44.1 Å². The minimum absolute atomic E-state index is 0.0905. The summed E-state index contributed by atoms with van der Waals surface area (Å²) in [4.78, 5) is 11.6. The summed E-state index contributed by atoms with van der Waals surface area (Å²) in [5.74, 6) is -0.271. The number of nitrogens with zero attached hydrogens (tertiary/aromatic N) is 1. The topological polar surface area (TPSA) is 84.9 Å². The Labute approximate surface area is 140 Å². The minimum atomic E-state index is -3.65. The van der Waals surface area contributed by atoms with Crippen LogP contribution in [-0.4, -0.2) is 57.4 Å². The highest BCUT2D eigenvalue weighted by Gasteiger charge is 2.27. The van der Waals surface area contributed by atoms with Gasteiger partial charge in [-0.1, -0.05) is 0 Å². The van der Waals surface area contributed by atoms with Gasteiger partial charge in [0.1, 0.15) is 11.6 Å². The number of carbonyl (C=O) groups is 1. The van der Waals surface area contributed by atoms with Crippen molar-refractivity contribution in [3.8, 4) is 5.75 Å². The number of rotatable bonds is 6. The third-order valence-electron chi connectivity index (χ3n) is 3.25. The Hall–Kier alpha value is -1.35. The first-order chi connectivity index (χ1) is 11.0. The van der Waals surface area contributed by atoms with Crippen LogP contribution in [0, 0.1) is 0 Å². The van der Waals surface area contributed by atoms with Crippen LogP contribution < -0.4 is 10.1 Å². The average Bonchev–Trinajstić information content (AvgIpc) is 2.57. The van der Waals surface area contributed by atoms with Gasteiger partial charge in [0.05, 0.1) is 30.4 Å². The van der Waals surface area contributed by atoms with Crippen molar-refractivity contribution in [3.05, 3.63) is 18.2 Å². The van der Waals surface area contributed by atoms with Gasteiger partial charge in [0, 0.05) is 13.1 Å². The van der Waals surface area contributed by atoms with Crippen molar-refractivity contribution in [1.82, 2.24) is 4.31 Å². The van der Waals surface area contributed by atoms with Crippen molar-refractivity contribution in [2.45, 2.75) is 11.8 Å². The molecule has 1 aromatic rings. The van der Waals surface area contributed by atoms with Crippen LogP contribution in [0.25, 0.3) is 0 Å². The maximum Gasteiger partial charge on any atom is 0.243 e. The quantitative estimate of drug-likeness (QED) is 0.771. The molecule has 0 atom stereocenters. The van der Waals surface area contributed by atoms with Gasteiger partial charge in [0.15, 0.2) is 0 Å². The van der Waals surface area contributed by atoms with Gasteiger partial charge in [-0.25, -0.2) is 8.42 Å². The highest BCUT2D eigenvalue weighted by Crippen LogP contribution is 2.29. The number of hydrogen-bond donors (Lipinski definition) is 1. The van der Waals surface area contributed by atoms with E-state index >= 15 is 0 Å². The standard InChI is InChI=1S/C14H19ClN2O5S/c1-2-22-13-4-3-11(9-12(13)16-14(18)10-15)23(19,20)17-5-7-21-8-6-17/h3-4,9H,2,5-8,10H2,1H3,(H,16,18). The molecule has 0 radical (unpaired) electrons. The summed E-state index contributed by atoms with van der Waals surface area (Å²) in [5.41, 5.74) is 0.284. The Morgan fingerprint density at radius 2 is 2.09 bits per heavy atom. The second-order valence-corrected chi connectivity index (χ2v) is 6.99. The molecule has 1 aliphatic rings. The van der Waals surface area contributed by atoms with E-state index in [9.17, 15) is 13.2 Å². The number of hydrogen-bond acceptors (Lipinski definition) is 5. The van der Waals surface area contributed by atoms with Gasteiger partial charge in [0.25, 0.3) is 0 Å². The third kappa shape index (κ3) is 4.35. The molecule has 1 heterocycles. The van der Waals surface area contributed by atoms with Crippen LogP contribution in [0.2, 0.25) is 0 Å². The largest absolute Gasteiger partial charge is 0.492 e. The lowest BCUT2D eigenvalue weighted by atomic mass is 10.3. The van der Waals surface area contributed by atoms with Gasteiger partial charge in [-0.05, 0) is 25.1 Å². The fourth-order valence-electron chi connectivity index (χ4n) is 2.17. The predicted molar refractivity (Wildman–Crippen MR) is 86.5 cm³/mol. The third-order valence-corrected chi connectivity index (χ3v) is 5.39. The molecule has 23 heavy (non-hydrogen) atoms. The second-order valence-electron chi connectivity index (χ2n) is 4.79. The van der Waals surface area contributed by atoms with Crippen molar-refractivity contribution >= 4 is 33.2 Å². The summed E-state index contributed by atoms with van der Waals surface area (Å²) in [6.45, 7) is 3.53. The zero-order chi connectivity index (χ0) is 16.9. The van der Waals surface area contributed by atoms with Crippen LogP contribution in [0.3, 0.4) is 0 Å². The Kier molecular flexibility index (Phi) is 6.23. The molecule has 1 amide bonds. The summed E-state index contributed by atoms with van der Waals surface area (Å²) in [6.07, 6.45) is 0. The van der Waals surface area contributed by atoms with Gasteiger partial charge in [0.2, 0.25) is 15.9 Å². The first-order valence-corrected chi connectivity index (χ1v) is 9.17. The fraction of sp³-hybridized carbons (Fsp3) is 0.500. The van der Waals surface area contributed by atoms with Crippen molar-refractivity contribution in [1.29, 1.82) is 0 Å². The first-order valence-electron chi connectivity index (χ1n) is 7.19. The van der Waals surface area contributed by atoms with E-state index in [0.29, 0.717) is 38.7 Å². The molecular formula is C14H19ClN2O5S. The van der Waals surface area contributed by atoms with Gasteiger partial charge in [-0.3, -0.25) is 4.79 Å².